The number of Topliss-reactive ketones (excluding diaryl/α,β-unsaturated/α-hetero) is 1. The van der Waals surface area contributed by atoms with Crippen LogP contribution in [0.15, 0.2) is 28.7 Å². The van der Waals surface area contributed by atoms with E-state index < -0.39 is 17.9 Å². The molecule has 1 aliphatic rings. The van der Waals surface area contributed by atoms with E-state index in [2.05, 4.69) is 15.9 Å². The number of carboxylic acid groups (broad SMARTS) is 1. The van der Waals surface area contributed by atoms with Gasteiger partial charge >= 0.3 is 5.97 Å². The van der Waals surface area contributed by atoms with Crippen LogP contribution in [0.5, 0.6) is 0 Å². The number of carbonyl (C=O) groups excluding carboxylic acids is 2. The average Bonchev–Trinajstić information content (AvgIpc) is 2.71. The van der Waals surface area contributed by atoms with Gasteiger partial charge in [0.1, 0.15) is 6.04 Å². The molecule has 1 aromatic rings. The number of halogens is 1. The molecule has 5 nitrogen and oxygen atoms in total. The van der Waals surface area contributed by atoms with Gasteiger partial charge in [0.2, 0.25) is 0 Å². The van der Waals surface area contributed by atoms with Gasteiger partial charge in [-0.25, -0.2) is 4.79 Å². The highest BCUT2D eigenvalue weighted by Gasteiger charge is 2.39. The number of hydrogen-bond donors (Lipinski definition) is 1. The minimum atomic E-state index is -1.15. The molecule has 18 heavy (non-hydrogen) atoms. The zero-order chi connectivity index (χ0) is 13.3. The van der Waals surface area contributed by atoms with E-state index in [1.165, 1.54) is 0 Å². The summed E-state index contributed by atoms with van der Waals surface area (Å²) in [7, 11) is 0. The van der Waals surface area contributed by atoms with Crippen molar-refractivity contribution >= 4 is 33.6 Å². The summed E-state index contributed by atoms with van der Waals surface area (Å²) in [5.74, 6) is -1.83. The van der Waals surface area contributed by atoms with Crippen LogP contribution in [0.2, 0.25) is 0 Å². The topological polar surface area (TPSA) is 74.7 Å². The van der Waals surface area contributed by atoms with E-state index in [9.17, 15) is 14.4 Å². The van der Waals surface area contributed by atoms with Gasteiger partial charge in [-0.05, 0) is 28.1 Å². The predicted octanol–water partition coefficient (Wildman–Crippen LogP) is 1.32. The maximum atomic E-state index is 12.2. The van der Waals surface area contributed by atoms with Gasteiger partial charge in [0.15, 0.2) is 5.78 Å². The van der Waals surface area contributed by atoms with Gasteiger partial charge in [-0.2, -0.15) is 0 Å². The van der Waals surface area contributed by atoms with Crippen molar-refractivity contribution in [1.82, 2.24) is 4.90 Å². The van der Waals surface area contributed by atoms with Gasteiger partial charge < -0.3 is 10.0 Å². The van der Waals surface area contributed by atoms with Crippen LogP contribution in [0.25, 0.3) is 0 Å². The standard InChI is InChI=1S/C12H10BrNO4/c13-9-4-2-1-3-8(9)11(16)14-6-7(15)5-10(14)12(17)18/h1-4,10H,5-6H2,(H,17,18). The van der Waals surface area contributed by atoms with Crippen LogP contribution in [0.1, 0.15) is 16.8 Å². The zero-order valence-corrected chi connectivity index (χ0v) is 10.9. The molecule has 0 saturated carbocycles. The highest BCUT2D eigenvalue weighted by atomic mass is 79.9. The van der Waals surface area contributed by atoms with Crippen molar-refractivity contribution in [3.8, 4) is 0 Å². The first-order valence-electron chi connectivity index (χ1n) is 5.30. The molecule has 1 aromatic carbocycles. The number of benzene rings is 1. The smallest absolute Gasteiger partial charge is 0.326 e. The van der Waals surface area contributed by atoms with E-state index >= 15 is 0 Å². The molecule has 6 heteroatoms. The van der Waals surface area contributed by atoms with Gasteiger partial charge in [-0.1, -0.05) is 12.1 Å². The van der Waals surface area contributed by atoms with Crippen molar-refractivity contribution < 1.29 is 19.5 Å². The molecule has 1 N–H and O–H groups in total. The number of aliphatic carboxylic acids is 1. The highest BCUT2D eigenvalue weighted by molar-refractivity contribution is 9.10. The summed E-state index contributed by atoms with van der Waals surface area (Å²) in [5.41, 5.74) is 0.360. The molecule has 1 saturated heterocycles. The molecule has 1 amide bonds. The Morgan fingerprint density at radius 3 is 2.61 bits per heavy atom. The van der Waals surface area contributed by atoms with E-state index in [0.717, 1.165) is 4.90 Å². The summed E-state index contributed by atoms with van der Waals surface area (Å²) >= 11 is 3.24. The molecule has 1 unspecified atom stereocenters. The van der Waals surface area contributed by atoms with Gasteiger partial charge in [-0.15, -0.1) is 0 Å². The SMILES string of the molecule is O=C1CC(C(=O)O)N(C(=O)c2ccccc2Br)C1. The summed E-state index contributed by atoms with van der Waals surface area (Å²) in [6.45, 7) is -0.142. The predicted molar refractivity (Wildman–Crippen MR) is 66.2 cm³/mol. The van der Waals surface area contributed by atoms with Gasteiger partial charge in [-0.3, -0.25) is 9.59 Å². The lowest BCUT2D eigenvalue weighted by atomic mass is 10.1. The van der Waals surface area contributed by atoms with Crippen molar-refractivity contribution in [3.63, 3.8) is 0 Å². The Morgan fingerprint density at radius 2 is 2.00 bits per heavy atom. The van der Waals surface area contributed by atoms with Crippen LogP contribution >= 0.6 is 15.9 Å². The first-order valence-corrected chi connectivity index (χ1v) is 6.10. The quantitative estimate of drug-likeness (QED) is 0.894. The van der Waals surface area contributed by atoms with Crippen molar-refractivity contribution in [2.45, 2.75) is 12.5 Å². The fraction of sp³-hybridized carbons (Fsp3) is 0.250. The maximum absolute atomic E-state index is 12.2. The fourth-order valence-electron chi connectivity index (χ4n) is 1.91. The molecule has 1 heterocycles. The van der Waals surface area contributed by atoms with E-state index in [4.69, 9.17) is 5.11 Å². The second-order valence-electron chi connectivity index (χ2n) is 4.01. The molecular formula is C12H10BrNO4. The van der Waals surface area contributed by atoms with Crippen molar-refractivity contribution in [2.24, 2.45) is 0 Å². The summed E-state index contributed by atoms with van der Waals surface area (Å²) in [4.78, 5) is 35.7. The number of nitrogens with zero attached hydrogens (tertiary/aromatic N) is 1. The van der Waals surface area contributed by atoms with Gasteiger partial charge in [0.25, 0.3) is 5.91 Å². The van der Waals surface area contributed by atoms with E-state index in [-0.39, 0.29) is 18.7 Å². The summed E-state index contributed by atoms with van der Waals surface area (Å²) in [6, 6.07) is 5.67. The van der Waals surface area contributed by atoms with Crippen LogP contribution in [0, 0.1) is 0 Å². The zero-order valence-electron chi connectivity index (χ0n) is 9.30. The number of carbonyl (C=O) groups is 3. The minimum absolute atomic E-state index is 0.120. The Kier molecular flexibility index (Phi) is 3.47. The van der Waals surface area contributed by atoms with Gasteiger partial charge in [0.05, 0.1) is 12.1 Å². The molecule has 0 bridgehead atoms. The second-order valence-corrected chi connectivity index (χ2v) is 4.86. The number of amides is 1. The largest absolute Gasteiger partial charge is 0.480 e. The molecule has 1 atom stereocenters. The number of carboxylic acids is 1. The Hall–Kier alpha value is -1.69. The van der Waals surface area contributed by atoms with Crippen molar-refractivity contribution in [3.05, 3.63) is 34.3 Å². The van der Waals surface area contributed by atoms with Gasteiger partial charge in [0, 0.05) is 10.9 Å². The molecule has 0 radical (unpaired) electrons. The lowest BCUT2D eigenvalue weighted by Gasteiger charge is -2.20. The minimum Gasteiger partial charge on any atom is -0.480 e. The first-order chi connectivity index (χ1) is 8.50. The molecule has 1 fully saturated rings. The number of rotatable bonds is 2. The lowest BCUT2D eigenvalue weighted by Crippen LogP contribution is -2.40. The van der Waals surface area contributed by atoms with Crippen LogP contribution in [-0.4, -0.2) is 40.3 Å². The first kappa shape index (κ1) is 12.8. The van der Waals surface area contributed by atoms with Crippen molar-refractivity contribution in [2.75, 3.05) is 6.54 Å². The number of likely N-dealkylation sites (tertiary alicyclic amines) is 1. The molecule has 2 rings (SSSR count). The molecular weight excluding hydrogens is 302 g/mol. The molecule has 0 spiro atoms. The Morgan fingerprint density at radius 1 is 1.33 bits per heavy atom. The third-order valence-electron chi connectivity index (χ3n) is 2.79. The fourth-order valence-corrected chi connectivity index (χ4v) is 2.37. The summed E-state index contributed by atoms with van der Waals surface area (Å²) < 4.78 is 0.582. The molecule has 94 valence electrons. The van der Waals surface area contributed by atoms with Crippen molar-refractivity contribution in [1.29, 1.82) is 0 Å². The number of hydrogen-bond acceptors (Lipinski definition) is 3. The monoisotopic (exact) mass is 311 g/mol. The Balaban J connectivity index is 2.31. The average molecular weight is 312 g/mol. The Bertz CT molecular complexity index is 529. The third-order valence-corrected chi connectivity index (χ3v) is 3.49. The van der Waals surface area contributed by atoms with E-state index in [0.29, 0.717) is 10.0 Å². The van der Waals surface area contributed by atoms with Crippen LogP contribution in [-0.2, 0) is 9.59 Å². The normalized spacial score (nSPS) is 19.1. The molecule has 0 aliphatic carbocycles. The van der Waals surface area contributed by atoms with E-state index in [1.54, 1.807) is 24.3 Å². The van der Waals surface area contributed by atoms with Crippen LogP contribution < -0.4 is 0 Å². The lowest BCUT2D eigenvalue weighted by molar-refractivity contribution is -0.141. The second kappa shape index (κ2) is 4.89. The third kappa shape index (κ3) is 2.28. The summed E-state index contributed by atoms with van der Waals surface area (Å²) in [6.07, 6.45) is -0.120. The molecule has 1 aliphatic heterocycles. The number of ketones is 1. The summed E-state index contributed by atoms with van der Waals surface area (Å²) in [5, 5.41) is 9.01. The van der Waals surface area contributed by atoms with E-state index in [1.807, 2.05) is 0 Å². The van der Waals surface area contributed by atoms with Crippen LogP contribution in [0.4, 0.5) is 0 Å². The highest BCUT2D eigenvalue weighted by Crippen LogP contribution is 2.22. The van der Waals surface area contributed by atoms with Crippen LogP contribution in [0.3, 0.4) is 0 Å². The Labute approximate surface area is 112 Å². The maximum Gasteiger partial charge on any atom is 0.326 e. The molecule has 0 aromatic heterocycles.